The van der Waals surface area contributed by atoms with Crippen molar-refractivity contribution in [1.82, 2.24) is 5.32 Å². The molecule has 0 aliphatic carbocycles. The lowest BCUT2D eigenvalue weighted by Crippen LogP contribution is -2.33. The summed E-state index contributed by atoms with van der Waals surface area (Å²) in [7, 11) is 3.16. The number of aliphatic imine (C=N–C) groups is 1. The summed E-state index contributed by atoms with van der Waals surface area (Å²) in [5, 5.41) is 2.62. The number of amides is 1. The van der Waals surface area contributed by atoms with Crippen molar-refractivity contribution in [3.63, 3.8) is 0 Å². The second kappa shape index (κ2) is 8.92. The summed E-state index contributed by atoms with van der Waals surface area (Å²) in [5.41, 5.74) is 0.505. The Labute approximate surface area is 118 Å². The molecule has 1 aromatic carbocycles. The Balaban J connectivity index is 2.66. The van der Waals surface area contributed by atoms with Crippen LogP contribution in [0.1, 0.15) is 17.3 Å². The molecule has 110 valence electrons. The first-order chi connectivity index (χ1) is 9.71. The van der Waals surface area contributed by atoms with Crippen molar-refractivity contribution in [3.05, 3.63) is 29.8 Å². The van der Waals surface area contributed by atoms with Crippen LogP contribution in [0.15, 0.2) is 29.3 Å². The van der Waals surface area contributed by atoms with E-state index in [1.165, 1.54) is 0 Å². The van der Waals surface area contributed by atoms with E-state index in [1.54, 1.807) is 38.5 Å². The molecule has 20 heavy (non-hydrogen) atoms. The summed E-state index contributed by atoms with van der Waals surface area (Å²) in [6.07, 6.45) is 0. The van der Waals surface area contributed by atoms with E-state index in [0.717, 1.165) is 0 Å². The average molecular weight is 280 g/mol. The van der Waals surface area contributed by atoms with Gasteiger partial charge in [0.25, 0.3) is 11.9 Å². The molecule has 1 aromatic rings. The van der Waals surface area contributed by atoms with Gasteiger partial charge in [-0.25, -0.2) is 4.99 Å². The van der Waals surface area contributed by atoms with Gasteiger partial charge in [-0.15, -0.1) is 0 Å². The summed E-state index contributed by atoms with van der Waals surface area (Å²) in [6, 6.07) is 6.99. The van der Waals surface area contributed by atoms with Crippen molar-refractivity contribution < 1.29 is 19.0 Å². The van der Waals surface area contributed by atoms with E-state index in [9.17, 15) is 4.79 Å². The minimum atomic E-state index is -0.280. The van der Waals surface area contributed by atoms with E-state index in [-0.39, 0.29) is 11.9 Å². The zero-order valence-electron chi connectivity index (χ0n) is 12.0. The molecule has 0 spiro atoms. The molecule has 0 heterocycles. The van der Waals surface area contributed by atoms with Gasteiger partial charge in [0.05, 0.1) is 26.9 Å². The third-order valence-corrected chi connectivity index (χ3v) is 2.40. The third-order valence-electron chi connectivity index (χ3n) is 2.40. The number of methoxy groups -OCH3 is 2. The molecule has 1 N–H and O–H groups in total. The Kier molecular flexibility index (Phi) is 7.13. The van der Waals surface area contributed by atoms with Crippen LogP contribution in [0.2, 0.25) is 0 Å². The van der Waals surface area contributed by atoms with Crippen LogP contribution in [0.5, 0.6) is 5.75 Å². The Bertz CT molecular complexity index is 443. The number of rotatable bonds is 6. The van der Waals surface area contributed by atoms with Gasteiger partial charge in [0.15, 0.2) is 0 Å². The largest absolute Gasteiger partial charge is 0.497 e. The minimum absolute atomic E-state index is 0.199. The molecule has 0 aliphatic heterocycles. The fourth-order valence-corrected chi connectivity index (χ4v) is 1.41. The van der Waals surface area contributed by atoms with E-state index in [4.69, 9.17) is 14.2 Å². The lowest BCUT2D eigenvalue weighted by atomic mass is 10.2. The Morgan fingerprint density at radius 3 is 2.50 bits per heavy atom. The predicted molar refractivity (Wildman–Crippen MR) is 76.3 cm³/mol. The Morgan fingerprint density at radius 1 is 1.25 bits per heavy atom. The smallest absolute Gasteiger partial charge is 0.291 e. The van der Waals surface area contributed by atoms with Crippen molar-refractivity contribution in [1.29, 1.82) is 0 Å². The minimum Gasteiger partial charge on any atom is -0.497 e. The average Bonchev–Trinajstić information content (AvgIpc) is 2.47. The van der Waals surface area contributed by atoms with Crippen LogP contribution >= 0.6 is 0 Å². The van der Waals surface area contributed by atoms with E-state index >= 15 is 0 Å². The van der Waals surface area contributed by atoms with E-state index in [2.05, 4.69) is 10.3 Å². The van der Waals surface area contributed by atoms with Crippen molar-refractivity contribution in [3.8, 4) is 5.75 Å². The number of hydrogen-bond acceptors (Lipinski definition) is 5. The molecule has 1 rings (SSSR count). The van der Waals surface area contributed by atoms with E-state index < -0.39 is 0 Å². The summed E-state index contributed by atoms with van der Waals surface area (Å²) < 4.78 is 15.2. The molecule has 0 radical (unpaired) electrons. The summed E-state index contributed by atoms with van der Waals surface area (Å²) in [5.74, 6) is 0.414. The summed E-state index contributed by atoms with van der Waals surface area (Å²) in [6.45, 7) is 3.14. The van der Waals surface area contributed by atoms with Gasteiger partial charge in [-0.3, -0.25) is 10.1 Å². The number of ether oxygens (including phenoxy) is 3. The molecular formula is C14H20N2O4. The highest BCUT2D eigenvalue weighted by Gasteiger charge is 2.09. The van der Waals surface area contributed by atoms with Crippen molar-refractivity contribution in [2.45, 2.75) is 6.92 Å². The molecule has 1 amide bonds. The second-order valence-electron chi connectivity index (χ2n) is 3.80. The number of amidine groups is 1. The molecule has 0 saturated heterocycles. The zero-order chi connectivity index (χ0) is 14.8. The van der Waals surface area contributed by atoms with Gasteiger partial charge in [-0.05, 0) is 31.2 Å². The molecule has 6 heteroatoms. The summed E-state index contributed by atoms with van der Waals surface area (Å²) >= 11 is 0. The lowest BCUT2D eigenvalue weighted by Gasteiger charge is -2.09. The van der Waals surface area contributed by atoms with Gasteiger partial charge in [0, 0.05) is 12.7 Å². The maximum Gasteiger partial charge on any atom is 0.291 e. The van der Waals surface area contributed by atoms with Gasteiger partial charge in [-0.2, -0.15) is 0 Å². The Hall–Kier alpha value is -2.08. The van der Waals surface area contributed by atoms with Crippen LogP contribution in [-0.2, 0) is 9.47 Å². The van der Waals surface area contributed by atoms with Gasteiger partial charge >= 0.3 is 0 Å². The zero-order valence-corrected chi connectivity index (χ0v) is 12.0. The number of nitrogens with one attached hydrogen (secondary N) is 1. The number of carbonyl (C=O) groups excluding carboxylic acids is 1. The number of benzene rings is 1. The first-order valence-electron chi connectivity index (χ1n) is 6.32. The van der Waals surface area contributed by atoms with Crippen molar-refractivity contribution in [2.24, 2.45) is 4.99 Å². The molecule has 0 bridgehead atoms. The van der Waals surface area contributed by atoms with Crippen LogP contribution in [0.25, 0.3) is 0 Å². The third kappa shape index (κ3) is 5.27. The lowest BCUT2D eigenvalue weighted by molar-refractivity contribution is 0.0966. The highest BCUT2D eigenvalue weighted by molar-refractivity contribution is 6.04. The second-order valence-corrected chi connectivity index (χ2v) is 3.80. The normalized spacial score (nSPS) is 11.1. The maximum atomic E-state index is 12.0. The fraction of sp³-hybridized carbons (Fsp3) is 0.429. The fourth-order valence-electron chi connectivity index (χ4n) is 1.41. The molecule has 0 aromatic heterocycles. The molecule has 0 unspecified atom stereocenters. The predicted octanol–water partition coefficient (Wildman–Crippen LogP) is 1.46. The molecule has 0 aliphatic rings. The van der Waals surface area contributed by atoms with Crippen LogP contribution < -0.4 is 10.1 Å². The Morgan fingerprint density at radius 2 is 1.95 bits per heavy atom. The topological polar surface area (TPSA) is 69.2 Å². The van der Waals surface area contributed by atoms with Gasteiger partial charge in [0.1, 0.15) is 5.75 Å². The van der Waals surface area contributed by atoms with Crippen LogP contribution in [-0.4, -0.2) is 45.9 Å². The quantitative estimate of drug-likeness (QED) is 0.486. The molecule has 0 atom stereocenters. The van der Waals surface area contributed by atoms with Crippen molar-refractivity contribution in [2.75, 3.05) is 34.0 Å². The first-order valence-corrected chi connectivity index (χ1v) is 6.32. The standard InChI is InChI=1S/C14H20N2O4/c1-4-20-14(15-9-10-18-2)16-13(17)11-5-7-12(19-3)8-6-11/h5-8H,4,9-10H2,1-3H3,(H,15,16,17). The molecular weight excluding hydrogens is 260 g/mol. The SMILES string of the molecule is CCOC(=NCCOC)NC(=O)c1ccc(OC)cc1. The molecule has 0 saturated carbocycles. The van der Waals surface area contributed by atoms with Crippen molar-refractivity contribution >= 4 is 11.9 Å². The summed E-state index contributed by atoms with van der Waals surface area (Å²) in [4.78, 5) is 16.1. The number of hydrogen-bond donors (Lipinski definition) is 1. The van der Waals surface area contributed by atoms with Gasteiger partial charge < -0.3 is 14.2 Å². The van der Waals surface area contributed by atoms with Crippen LogP contribution in [0.4, 0.5) is 0 Å². The van der Waals surface area contributed by atoms with Gasteiger partial charge in [-0.1, -0.05) is 0 Å². The molecule has 0 fully saturated rings. The number of nitrogens with zero attached hydrogens (tertiary/aromatic N) is 1. The van der Waals surface area contributed by atoms with Crippen LogP contribution in [0.3, 0.4) is 0 Å². The number of carbonyl (C=O) groups is 1. The highest BCUT2D eigenvalue weighted by atomic mass is 16.5. The highest BCUT2D eigenvalue weighted by Crippen LogP contribution is 2.11. The van der Waals surface area contributed by atoms with Gasteiger partial charge in [0.2, 0.25) is 0 Å². The molecule has 6 nitrogen and oxygen atoms in total. The van der Waals surface area contributed by atoms with E-state index in [1.807, 2.05) is 6.92 Å². The first kappa shape index (κ1) is 16.0. The monoisotopic (exact) mass is 280 g/mol. The van der Waals surface area contributed by atoms with E-state index in [0.29, 0.717) is 31.1 Å². The van der Waals surface area contributed by atoms with Crippen LogP contribution in [0, 0.1) is 0 Å². The maximum absolute atomic E-state index is 12.0.